The number of methoxy groups -OCH3 is 2. The van der Waals surface area contributed by atoms with Crippen LogP contribution in [0.2, 0.25) is 0 Å². The molecule has 6 rings (SSSR count). The lowest BCUT2D eigenvalue weighted by molar-refractivity contribution is 0.252. The lowest BCUT2D eigenvalue weighted by Crippen LogP contribution is -2.42. The Morgan fingerprint density at radius 3 is 2.14 bits per heavy atom. The van der Waals surface area contributed by atoms with E-state index in [1.807, 2.05) is 48.5 Å². The zero-order valence-electron chi connectivity index (χ0n) is 23.4. The average Bonchev–Trinajstić information content (AvgIpc) is 3.18. The number of hydrogen-bond acceptors (Lipinski definition) is 6. The van der Waals surface area contributed by atoms with E-state index in [-0.39, 0.29) is 10.9 Å². The van der Waals surface area contributed by atoms with Crippen LogP contribution in [0.1, 0.15) is 11.1 Å². The smallest absolute Gasteiger partial charge is 0.332 e. The normalized spacial score (nSPS) is 12.0. The third kappa shape index (κ3) is 5.64. The summed E-state index contributed by atoms with van der Waals surface area (Å²) in [5.41, 5.74) is 4.65. The number of benzene rings is 4. The summed E-state index contributed by atoms with van der Waals surface area (Å²) in [6.45, 7) is 0. The molecule has 1 aliphatic rings. The molecule has 0 radical (unpaired) electrons. The molecule has 216 valence electrons. The van der Waals surface area contributed by atoms with Gasteiger partial charge in [0.25, 0.3) is 0 Å². The van der Waals surface area contributed by atoms with Crippen LogP contribution in [0.5, 0.6) is 23.0 Å². The van der Waals surface area contributed by atoms with Crippen LogP contribution in [0.3, 0.4) is 0 Å². The molecule has 0 fully saturated rings. The fourth-order valence-corrected chi connectivity index (χ4v) is 5.34. The average molecular weight is 595 g/mol. The number of anilines is 3. The topological polar surface area (TPSA) is 85.0 Å². The van der Waals surface area contributed by atoms with Gasteiger partial charge in [-0.25, -0.2) is 9.18 Å². The van der Waals surface area contributed by atoms with Gasteiger partial charge in [-0.15, -0.1) is 0 Å². The fraction of sp³-hybridized carbons (Fsp3) is 0.121. The monoisotopic (exact) mass is 594 g/mol. The second-order valence-electron chi connectivity index (χ2n) is 9.76. The number of rotatable bonds is 5. The van der Waals surface area contributed by atoms with Crippen molar-refractivity contribution in [3.8, 4) is 23.0 Å². The highest BCUT2D eigenvalue weighted by Gasteiger charge is 2.26. The molecule has 0 bridgehead atoms. The number of pyridine rings is 1. The Bertz CT molecular complexity index is 1820. The first-order valence-electron chi connectivity index (χ1n) is 13.5. The number of amides is 2. The van der Waals surface area contributed by atoms with Crippen LogP contribution in [0, 0.1) is 5.82 Å². The molecule has 10 heteroatoms. The molecular weight excluding hydrogens is 567 g/mol. The number of hydrogen-bond donors (Lipinski definition) is 2. The van der Waals surface area contributed by atoms with Crippen molar-refractivity contribution in [2.45, 2.75) is 12.8 Å². The molecule has 0 aliphatic carbocycles. The summed E-state index contributed by atoms with van der Waals surface area (Å²) in [5.74, 6) is 0.788. The molecule has 2 amide bonds. The lowest BCUT2D eigenvalue weighted by atomic mass is 10.0. The van der Waals surface area contributed by atoms with Crippen molar-refractivity contribution >= 4 is 51.3 Å². The zero-order chi connectivity index (χ0) is 29.9. The van der Waals surface area contributed by atoms with Crippen molar-refractivity contribution in [2.24, 2.45) is 0 Å². The summed E-state index contributed by atoms with van der Waals surface area (Å²) >= 11 is 5.44. The van der Waals surface area contributed by atoms with E-state index in [1.165, 1.54) is 19.2 Å². The number of ether oxygens (including phenoxy) is 3. The minimum Gasteiger partial charge on any atom is -0.493 e. The molecule has 0 atom stereocenters. The molecule has 4 aromatic carbocycles. The van der Waals surface area contributed by atoms with Gasteiger partial charge < -0.3 is 19.5 Å². The standard InChI is InChI=1S/C33H27FN4O4S/c1-40-30-18-23-25(19-31(30)41-2)35-16-15-28(23)42-29-14-13-22(17-24(29)34)36-32(43)37-33(39)38-26-9-5-3-7-20(26)11-12-21-8-4-6-10-27(21)38/h3-10,13-19H,11-12H2,1-2H3,(H2,36,37,39,43). The molecule has 2 N–H and O–H groups in total. The minimum atomic E-state index is -0.625. The number of aryl methyl sites for hydroxylation is 2. The SMILES string of the molecule is COc1cc2nccc(Oc3ccc(NC(=S)NC(=O)N4c5ccccc5CCc5ccccc54)cc3F)c2cc1OC. The van der Waals surface area contributed by atoms with E-state index in [1.54, 1.807) is 42.5 Å². The van der Waals surface area contributed by atoms with Crippen LogP contribution in [0.25, 0.3) is 10.9 Å². The van der Waals surface area contributed by atoms with Gasteiger partial charge in [0, 0.05) is 29.4 Å². The van der Waals surface area contributed by atoms with E-state index in [9.17, 15) is 4.79 Å². The van der Waals surface area contributed by atoms with Crippen LogP contribution in [-0.4, -0.2) is 30.3 Å². The highest BCUT2D eigenvalue weighted by atomic mass is 32.1. The first-order valence-corrected chi connectivity index (χ1v) is 13.9. The Labute approximate surface area is 253 Å². The van der Waals surface area contributed by atoms with Crippen LogP contribution in [0.15, 0.2) is 91.1 Å². The molecule has 0 saturated heterocycles. The number of urea groups is 1. The number of aromatic nitrogens is 1. The highest BCUT2D eigenvalue weighted by molar-refractivity contribution is 7.80. The van der Waals surface area contributed by atoms with Gasteiger partial charge in [-0.1, -0.05) is 36.4 Å². The number of fused-ring (bicyclic) bond motifs is 3. The van der Waals surface area contributed by atoms with Gasteiger partial charge in [-0.2, -0.15) is 0 Å². The van der Waals surface area contributed by atoms with E-state index in [4.69, 9.17) is 26.4 Å². The highest BCUT2D eigenvalue weighted by Crippen LogP contribution is 2.38. The Morgan fingerprint density at radius 2 is 1.49 bits per heavy atom. The van der Waals surface area contributed by atoms with Crippen LogP contribution in [0.4, 0.5) is 26.2 Å². The summed E-state index contributed by atoms with van der Waals surface area (Å²) in [6.07, 6.45) is 3.19. The Balaban J connectivity index is 1.19. The molecular formula is C33H27FN4O4S. The first kappa shape index (κ1) is 27.9. The van der Waals surface area contributed by atoms with E-state index in [0.29, 0.717) is 33.8 Å². The van der Waals surface area contributed by atoms with E-state index >= 15 is 4.39 Å². The molecule has 2 heterocycles. The summed E-state index contributed by atoms with van der Waals surface area (Å²) in [5, 5.41) is 6.30. The second-order valence-corrected chi connectivity index (χ2v) is 10.2. The molecule has 1 aliphatic heterocycles. The minimum absolute atomic E-state index is 0.000527. The molecule has 43 heavy (non-hydrogen) atoms. The van der Waals surface area contributed by atoms with Gasteiger partial charge in [0.2, 0.25) is 0 Å². The van der Waals surface area contributed by atoms with Crippen molar-refractivity contribution in [1.82, 2.24) is 10.3 Å². The van der Waals surface area contributed by atoms with E-state index < -0.39 is 11.8 Å². The van der Waals surface area contributed by atoms with Crippen molar-refractivity contribution in [3.63, 3.8) is 0 Å². The van der Waals surface area contributed by atoms with Gasteiger partial charge in [-0.3, -0.25) is 15.2 Å². The van der Waals surface area contributed by atoms with E-state index in [0.717, 1.165) is 35.3 Å². The Morgan fingerprint density at radius 1 is 0.837 bits per heavy atom. The van der Waals surface area contributed by atoms with Crippen molar-refractivity contribution in [1.29, 1.82) is 0 Å². The number of carbonyl (C=O) groups excluding carboxylic acids is 1. The Kier molecular flexibility index (Phi) is 7.76. The maximum Gasteiger partial charge on any atom is 0.332 e. The molecule has 5 aromatic rings. The summed E-state index contributed by atoms with van der Waals surface area (Å²) in [6, 6.07) is 24.6. The summed E-state index contributed by atoms with van der Waals surface area (Å²) in [7, 11) is 3.07. The first-order chi connectivity index (χ1) is 20.9. The van der Waals surface area contributed by atoms with E-state index in [2.05, 4.69) is 15.6 Å². The van der Waals surface area contributed by atoms with Gasteiger partial charge in [0.1, 0.15) is 5.75 Å². The molecule has 0 spiro atoms. The fourth-order valence-electron chi connectivity index (χ4n) is 5.13. The summed E-state index contributed by atoms with van der Waals surface area (Å²) < 4.78 is 31.9. The Hall–Kier alpha value is -5.22. The largest absolute Gasteiger partial charge is 0.493 e. The maximum atomic E-state index is 15.2. The number of para-hydroxylation sites is 2. The predicted molar refractivity (Wildman–Crippen MR) is 169 cm³/mol. The number of thiocarbonyl (C=S) groups is 1. The third-order valence-corrected chi connectivity index (χ3v) is 7.37. The lowest BCUT2D eigenvalue weighted by Gasteiger charge is -2.25. The quantitative estimate of drug-likeness (QED) is 0.204. The van der Waals surface area contributed by atoms with Gasteiger partial charge in [0.05, 0.1) is 31.1 Å². The van der Waals surface area contributed by atoms with Crippen molar-refractivity contribution in [2.75, 3.05) is 24.4 Å². The van der Waals surface area contributed by atoms with Crippen molar-refractivity contribution in [3.05, 3.63) is 108 Å². The maximum absolute atomic E-state index is 15.2. The van der Waals surface area contributed by atoms with Gasteiger partial charge in [-0.05, 0) is 72.6 Å². The molecule has 0 unspecified atom stereocenters. The number of nitrogens with zero attached hydrogens (tertiary/aromatic N) is 2. The molecule has 8 nitrogen and oxygen atoms in total. The molecule has 0 saturated carbocycles. The third-order valence-electron chi connectivity index (χ3n) is 7.17. The van der Waals surface area contributed by atoms with Crippen LogP contribution < -0.4 is 29.7 Å². The van der Waals surface area contributed by atoms with Gasteiger partial charge >= 0.3 is 6.03 Å². The number of carbonyl (C=O) groups is 1. The zero-order valence-corrected chi connectivity index (χ0v) is 24.2. The van der Waals surface area contributed by atoms with Gasteiger partial charge in [0.15, 0.2) is 28.2 Å². The van der Waals surface area contributed by atoms with Crippen molar-refractivity contribution < 1.29 is 23.4 Å². The molecule has 1 aromatic heterocycles. The second kappa shape index (κ2) is 11.9. The van der Waals surface area contributed by atoms with Crippen LogP contribution in [-0.2, 0) is 12.8 Å². The van der Waals surface area contributed by atoms with Crippen LogP contribution >= 0.6 is 12.2 Å². The predicted octanol–water partition coefficient (Wildman–Crippen LogP) is 7.53. The summed E-state index contributed by atoms with van der Waals surface area (Å²) in [4.78, 5) is 19.6. The number of halogens is 1. The number of nitrogens with one attached hydrogen (secondary N) is 2.